The number of rotatable bonds is 1. The summed E-state index contributed by atoms with van der Waals surface area (Å²) >= 11 is 0. The van der Waals surface area contributed by atoms with Crippen LogP contribution in [-0.4, -0.2) is 9.97 Å². The Kier molecular flexibility index (Phi) is 2.00. The van der Waals surface area contributed by atoms with E-state index in [4.69, 9.17) is 0 Å². The van der Waals surface area contributed by atoms with Crippen molar-refractivity contribution in [2.24, 2.45) is 0 Å². The molecule has 2 heteroatoms. The molecule has 78 valence electrons. The van der Waals surface area contributed by atoms with Crippen molar-refractivity contribution >= 4 is 10.9 Å². The molecule has 16 heavy (non-hydrogen) atoms. The van der Waals surface area contributed by atoms with Gasteiger partial charge in [-0.3, -0.25) is 4.98 Å². The second kappa shape index (κ2) is 3.49. The van der Waals surface area contributed by atoms with Gasteiger partial charge >= 0.3 is 0 Å². The first-order chi connectivity index (χ1) is 7.86. The summed E-state index contributed by atoms with van der Waals surface area (Å²) in [5.74, 6) is 0. The van der Waals surface area contributed by atoms with E-state index in [0.29, 0.717) is 0 Å². The predicted octanol–water partition coefficient (Wildman–Crippen LogP) is 3.54. The second-order valence-corrected chi connectivity index (χ2v) is 3.91. The van der Waals surface area contributed by atoms with Gasteiger partial charge in [-0.05, 0) is 19.1 Å². The number of hydrogen-bond acceptors (Lipinski definition) is 1. The monoisotopic (exact) mass is 208 g/mol. The van der Waals surface area contributed by atoms with Crippen LogP contribution in [0.2, 0.25) is 0 Å². The molecule has 0 aliphatic rings. The number of aryl methyl sites for hydroxylation is 1. The Morgan fingerprint density at radius 2 is 1.94 bits per heavy atom. The third-order valence-corrected chi connectivity index (χ3v) is 2.84. The molecule has 0 saturated carbocycles. The molecule has 0 saturated heterocycles. The highest BCUT2D eigenvalue weighted by atomic mass is 14.7. The zero-order valence-electron chi connectivity index (χ0n) is 9.07. The Morgan fingerprint density at radius 3 is 2.75 bits per heavy atom. The minimum atomic E-state index is 1.16. The highest BCUT2D eigenvalue weighted by Crippen LogP contribution is 2.31. The van der Waals surface area contributed by atoms with Gasteiger partial charge in [0.2, 0.25) is 0 Å². The van der Waals surface area contributed by atoms with Crippen LogP contribution in [0.15, 0.2) is 48.8 Å². The third kappa shape index (κ3) is 1.31. The van der Waals surface area contributed by atoms with Gasteiger partial charge in [0, 0.05) is 40.1 Å². The topological polar surface area (TPSA) is 28.7 Å². The van der Waals surface area contributed by atoms with Crippen molar-refractivity contribution in [1.29, 1.82) is 0 Å². The second-order valence-electron chi connectivity index (χ2n) is 3.91. The van der Waals surface area contributed by atoms with Gasteiger partial charge in [-0.15, -0.1) is 0 Å². The molecule has 1 N–H and O–H groups in total. The van der Waals surface area contributed by atoms with E-state index in [9.17, 15) is 0 Å². The summed E-state index contributed by atoms with van der Waals surface area (Å²) in [5.41, 5.74) is 4.79. The predicted molar refractivity (Wildman–Crippen MR) is 66.3 cm³/mol. The van der Waals surface area contributed by atoms with E-state index >= 15 is 0 Å². The lowest BCUT2D eigenvalue weighted by Crippen LogP contribution is -1.80. The Balaban J connectivity index is 2.35. The summed E-state index contributed by atoms with van der Waals surface area (Å²) in [6.45, 7) is 2.10. The van der Waals surface area contributed by atoms with Crippen LogP contribution < -0.4 is 0 Å². The lowest BCUT2D eigenvalue weighted by atomic mass is 10.0. The maximum absolute atomic E-state index is 4.17. The Hall–Kier alpha value is -2.09. The van der Waals surface area contributed by atoms with Crippen LogP contribution in [0.3, 0.4) is 0 Å². The molecule has 0 unspecified atom stereocenters. The highest BCUT2D eigenvalue weighted by Gasteiger charge is 2.09. The van der Waals surface area contributed by atoms with Crippen molar-refractivity contribution in [3.8, 4) is 11.1 Å². The van der Waals surface area contributed by atoms with Crippen LogP contribution >= 0.6 is 0 Å². The Bertz CT molecular complexity index is 624. The number of benzene rings is 1. The first-order valence-electron chi connectivity index (χ1n) is 5.34. The molecule has 0 fully saturated rings. The molecule has 0 atom stereocenters. The molecule has 0 bridgehead atoms. The largest absolute Gasteiger partial charge is 0.358 e. The summed E-state index contributed by atoms with van der Waals surface area (Å²) in [6.07, 6.45) is 3.70. The zero-order valence-corrected chi connectivity index (χ0v) is 9.07. The smallest absolute Gasteiger partial charge is 0.0462 e. The van der Waals surface area contributed by atoms with Gasteiger partial charge in [-0.1, -0.05) is 24.3 Å². The van der Waals surface area contributed by atoms with Gasteiger partial charge in [0.25, 0.3) is 0 Å². The van der Waals surface area contributed by atoms with Crippen molar-refractivity contribution in [3.63, 3.8) is 0 Å². The number of aromatic nitrogens is 2. The fourth-order valence-corrected chi connectivity index (χ4v) is 2.16. The van der Waals surface area contributed by atoms with E-state index in [1.807, 2.05) is 18.3 Å². The average Bonchev–Trinajstić information content (AvgIpc) is 2.66. The number of H-pyrrole nitrogens is 1. The molecule has 0 aliphatic heterocycles. The maximum Gasteiger partial charge on any atom is 0.0462 e. The summed E-state index contributed by atoms with van der Waals surface area (Å²) < 4.78 is 0. The van der Waals surface area contributed by atoms with Crippen molar-refractivity contribution in [1.82, 2.24) is 9.97 Å². The summed E-state index contributed by atoms with van der Waals surface area (Å²) in [4.78, 5) is 7.57. The highest BCUT2D eigenvalue weighted by molar-refractivity contribution is 5.97. The Labute approximate surface area is 94.0 Å². The standard InChI is InChI=1S/C14H12N2/c1-10-14(11-5-4-8-15-9-11)12-6-2-3-7-13(12)16-10/h2-9,16H,1H3. The number of para-hydroxylation sites is 1. The molecule has 2 nitrogen and oxygen atoms in total. The van der Waals surface area contributed by atoms with Crippen LogP contribution in [-0.2, 0) is 0 Å². The number of pyridine rings is 1. The molecule has 0 radical (unpaired) electrons. The van der Waals surface area contributed by atoms with E-state index in [1.165, 1.54) is 22.2 Å². The van der Waals surface area contributed by atoms with Gasteiger partial charge < -0.3 is 4.98 Å². The SMILES string of the molecule is Cc1[nH]c2ccccc2c1-c1cccnc1. The minimum absolute atomic E-state index is 1.16. The summed E-state index contributed by atoms with van der Waals surface area (Å²) in [6, 6.07) is 12.4. The number of fused-ring (bicyclic) bond motifs is 1. The number of nitrogens with zero attached hydrogens (tertiary/aromatic N) is 1. The first-order valence-corrected chi connectivity index (χ1v) is 5.34. The van der Waals surface area contributed by atoms with Crippen LogP contribution in [0.5, 0.6) is 0 Å². The average molecular weight is 208 g/mol. The van der Waals surface area contributed by atoms with Crippen LogP contribution in [0.25, 0.3) is 22.0 Å². The van der Waals surface area contributed by atoms with Crippen molar-refractivity contribution in [2.75, 3.05) is 0 Å². The molecule has 0 aliphatic carbocycles. The van der Waals surface area contributed by atoms with Gasteiger partial charge in [0.15, 0.2) is 0 Å². The van der Waals surface area contributed by atoms with E-state index in [0.717, 1.165) is 5.56 Å². The molecule has 3 aromatic rings. The first kappa shape index (κ1) is 9.16. The van der Waals surface area contributed by atoms with Gasteiger partial charge in [0.1, 0.15) is 0 Å². The van der Waals surface area contributed by atoms with Gasteiger partial charge in [0.05, 0.1) is 0 Å². The number of hydrogen-bond donors (Lipinski definition) is 1. The lowest BCUT2D eigenvalue weighted by molar-refractivity contribution is 1.28. The molecule has 2 heterocycles. The third-order valence-electron chi connectivity index (χ3n) is 2.84. The minimum Gasteiger partial charge on any atom is -0.358 e. The lowest BCUT2D eigenvalue weighted by Gasteiger charge is -2.00. The molecule has 3 rings (SSSR count). The molecule has 1 aromatic carbocycles. The zero-order chi connectivity index (χ0) is 11.0. The molecule has 0 spiro atoms. The number of aromatic amines is 1. The summed E-state index contributed by atoms with van der Waals surface area (Å²) in [7, 11) is 0. The molecular weight excluding hydrogens is 196 g/mol. The van der Waals surface area contributed by atoms with E-state index < -0.39 is 0 Å². The van der Waals surface area contributed by atoms with Gasteiger partial charge in [-0.2, -0.15) is 0 Å². The van der Waals surface area contributed by atoms with E-state index in [2.05, 4.69) is 41.2 Å². The number of nitrogens with one attached hydrogen (secondary N) is 1. The van der Waals surface area contributed by atoms with Gasteiger partial charge in [-0.25, -0.2) is 0 Å². The van der Waals surface area contributed by atoms with E-state index in [1.54, 1.807) is 6.20 Å². The maximum atomic E-state index is 4.17. The molecular formula is C14H12N2. The van der Waals surface area contributed by atoms with Crippen molar-refractivity contribution in [2.45, 2.75) is 6.92 Å². The van der Waals surface area contributed by atoms with Crippen molar-refractivity contribution in [3.05, 3.63) is 54.5 Å². The van der Waals surface area contributed by atoms with Crippen LogP contribution in [0.4, 0.5) is 0 Å². The summed E-state index contributed by atoms with van der Waals surface area (Å²) in [5, 5.41) is 1.26. The molecule has 0 amide bonds. The fraction of sp³-hybridized carbons (Fsp3) is 0.0714. The molecule has 2 aromatic heterocycles. The Morgan fingerprint density at radius 1 is 1.06 bits per heavy atom. The van der Waals surface area contributed by atoms with Crippen molar-refractivity contribution < 1.29 is 0 Å². The normalized spacial score (nSPS) is 10.8. The van der Waals surface area contributed by atoms with E-state index in [-0.39, 0.29) is 0 Å². The van der Waals surface area contributed by atoms with Crippen LogP contribution in [0, 0.1) is 6.92 Å². The fourth-order valence-electron chi connectivity index (χ4n) is 2.16. The van der Waals surface area contributed by atoms with Crippen LogP contribution in [0.1, 0.15) is 5.69 Å². The quantitative estimate of drug-likeness (QED) is 0.651.